The highest BCUT2D eigenvalue weighted by atomic mass is 35.5. The fourth-order valence-electron chi connectivity index (χ4n) is 1.64. The summed E-state index contributed by atoms with van der Waals surface area (Å²) in [5, 5.41) is 14.0. The molecule has 0 radical (unpaired) electrons. The van der Waals surface area contributed by atoms with E-state index in [1.54, 1.807) is 32.9 Å². The number of alkyl carbamates (subject to hydrolysis) is 1. The lowest BCUT2D eigenvalue weighted by Crippen LogP contribution is -2.37. The minimum atomic E-state index is -1.32. The number of benzene rings is 1. The molecule has 1 amide bonds. The molecule has 7 heteroatoms. The highest BCUT2D eigenvalue weighted by Gasteiger charge is 2.22. The number of rotatable bonds is 4. The Morgan fingerprint density at radius 3 is 2.43 bits per heavy atom. The average Bonchev–Trinajstić information content (AvgIpc) is 2.24. The van der Waals surface area contributed by atoms with Crippen molar-refractivity contribution in [1.82, 2.24) is 5.32 Å². The van der Waals surface area contributed by atoms with Crippen molar-refractivity contribution in [3.8, 4) is 0 Å². The van der Waals surface area contributed by atoms with Gasteiger partial charge in [-0.15, -0.1) is 0 Å². The molecule has 0 saturated heterocycles. The second-order valence-corrected chi connectivity index (χ2v) is 6.28. The summed E-state index contributed by atoms with van der Waals surface area (Å²) in [6.45, 7) is 5.11. The maximum atomic E-state index is 11.8. The van der Waals surface area contributed by atoms with Crippen LogP contribution in [0, 0.1) is 0 Å². The third-order valence-corrected chi connectivity index (χ3v) is 2.96. The van der Waals surface area contributed by atoms with Gasteiger partial charge in [0.2, 0.25) is 0 Å². The molecular weight excluding hydrogens is 317 g/mol. The van der Waals surface area contributed by atoms with E-state index in [9.17, 15) is 14.7 Å². The molecule has 0 bridgehead atoms. The zero-order chi connectivity index (χ0) is 16.2. The van der Waals surface area contributed by atoms with Crippen molar-refractivity contribution in [2.45, 2.75) is 38.8 Å². The number of hydrogen-bond donors (Lipinski definition) is 1. The van der Waals surface area contributed by atoms with E-state index in [-0.39, 0.29) is 5.02 Å². The number of nitrogens with one attached hydrogen (secondary N) is 1. The summed E-state index contributed by atoms with van der Waals surface area (Å²) < 4.78 is 5.10. The first-order chi connectivity index (χ1) is 9.58. The molecular formula is C14H16Cl2NO4-. The van der Waals surface area contributed by atoms with Crippen molar-refractivity contribution in [3.63, 3.8) is 0 Å². The Morgan fingerprint density at radius 2 is 1.95 bits per heavy atom. The van der Waals surface area contributed by atoms with Crippen LogP contribution in [0.1, 0.15) is 38.8 Å². The second-order valence-electron chi connectivity index (χ2n) is 5.44. The Balaban J connectivity index is 2.95. The number of hydrogen-bond acceptors (Lipinski definition) is 4. The van der Waals surface area contributed by atoms with Crippen LogP contribution in [0.15, 0.2) is 18.2 Å². The molecule has 1 atom stereocenters. The molecule has 0 aromatic heterocycles. The monoisotopic (exact) mass is 332 g/mol. The summed E-state index contributed by atoms with van der Waals surface area (Å²) in [5.74, 6) is -1.32. The molecule has 1 aromatic rings. The summed E-state index contributed by atoms with van der Waals surface area (Å²) in [6.07, 6.45) is -1.17. The molecule has 1 aromatic carbocycles. The van der Waals surface area contributed by atoms with Gasteiger partial charge in [-0.05, 0) is 38.5 Å². The van der Waals surface area contributed by atoms with Gasteiger partial charge < -0.3 is 20.0 Å². The predicted molar refractivity (Wildman–Crippen MR) is 78.2 cm³/mol. The van der Waals surface area contributed by atoms with Gasteiger partial charge in [0.05, 0.1) is 6.04 Å². The molecule has 0 fully saturated rings. The minimum absolute atomic E-state index is 0.254. The molecule has 0 aliphatic heterocycles. The molecule has 1 rings (SSSR count). The van der Waals surface area contributed by atoms with Gasteiger partial charge in [-0.3, -0.25) is 0 Å². The quantitative estimate of drug-likeness (QED) is 0.919. The first kappa shape index (κ1) is 17.6. The van der Waals surface area contributed by atoms with E-state index in [2.05, 4.69) is 5.32 Å². The molecule has 0 aliphatic carbocycles. The fourth-order valence-corrected chi connectivity index (χ4v) is 2.18. The summed E-state index contributed by atoms with van der Waals surface area (Å²) in [6, 6.07) is 3.71. The van der Waals surface area contributed by atoms with Crippen LogP contribution in [0.4, 0.5) is 4.79 Å². The van der Waals surface area contributed by atoms with Gasteiger partial charge in [0.25, 0.3) is 0 Å². The van der Waals surface area contributed by atoms with Crippen molar-refractivity contribution in [2.75, 3.05) is 0 Å². The van der Waals surface area contributed by atoms with Gasteiger partial charge in [0.15, 0.2) is 0 Å². The molecule has 0 saturated carbocycles. The van der Waals surface area contributed by atoms with Gasteiger partial charge in [-0.1, -0.05) is 29.3 Å². The lowest BCUT2D eigenvalue weighted by Gasteiger charge is -2.24. The number of aliphatic carboxylic acids is 1. The fraction of sp³-hybridized carbons (Fsp3) is 0.429. The highest BCUT2D eigenvalue weighted by molar-refractivity contribution is 6.35. The predicted octanol–water partition coefficient (Wildman–Crippen LogP) is 2.70. The third-order valence-electron chi connectivity index (χ3n) is 2.40. The highest BCUT2D eigenvalue weighted by Crippen LogP contribution is 2.28. The van der Waals surface area contributed by atoms with Crippen molar-refractivity contribution < 1.29 is 19.4 Å². The van der Waals surface area contributed by atoms with Crippen LogP contribution in [0.5, 0.6) is 0 Å². The molecule has 0 spiro atoms. The van der Waals surface area contributed by atoms with Crippen LogP contribution in [-0.2, 0) is 9.53 Å². The van der Waals surface area contributed by atoms with Gasteiger partial charge in [-0.25, -0.2) is 4.79 Å². The van der Waals surface area contributed by atoms with Gasteiger partial charge >= 0.3 is 6.09 Å². The third kappa shape index (κ3) is 6.23. The van der Waals surface area contributed by atoms with Gasteiger partial charge in [-0.2, -0.15) is 0 Å². The van der Waals surface area contributed by atoms with Crippen LogP contribution in [0.3, 0.4) is 0 Å². The Bertz CT molecular complexity index is 540. The average molecular weight is 333 g/mol. The second kappa shape index (κ2) is 7.00. The Hall–Kier alpha value is -1.46. The van der Waals surface area contributed by atoms with E-state index in [1.807, 2.05) is 0 Å². The first-order valence-corrected chi connectivity index (χ1v) is 6.98. The molecule has 0 heterocycles. The zero-order valence-corrected chi connectivity index (χ0v) is 13.4. The van der Waals surface area contributed by atoms with Gasteiger partial charge in [0, 0.05) is 22.4 Å². The largest absolute Gasteiger partial charge is 0.550 e. The van der Waals surface area contributed by atoms with Crippen LogP contribution < -0.4 is 10.4 Å². The Labute approximate surface area is 133 Å². The Morgan fingerprint density at radius 1 is 1.33 bits per heavy atom. The summed E-state index contributed by atoms with van der Waals surface area (Å²) in [5.41, 5.74) is -0.268. The maximum Gasteiger partial charge on any atom is 0.408 e. The molecule has 0 aliphatic rings. The number of carboxylic acids is 1. The first-order valence-electron chi connectivity index (χ1n) is 6.23. The van der Waals surface area contributed by atoms with Gasteiger partial charge in [0.1, 0.15) is 5.60 Å². The van der Waals surface area contributed by atoms with E-state index >= 15 is 0 Å². The maximum absolute atomic E-state index is 11.8. The van der Waals surface area contributed by atoms with Crippen molar-refractivity contribution in [1.29, 1.82) is 0 Å². The molecule has 5 nitrogen and oxygen atoms in total. The minimum Gasteiger partial charge on any atom is -0.550 e. The van der Waals surface area contributed by atoms with Crippen molar-refractivity contribution in [2.24, 2.45) is 0 Å². The lowest BCUT2D eigenvalue weighted by atomic mass is 10.0. The summed E-state index contributed by atoms with van der Waals surface area (Å²) in [7, 11) is 0. The van der Waals surface area contributed by atoms with Crippen molar-refractivity contribution >= 4 is 35.3 Å². The number of ether oxygens (including phenoxy) is 1. The van der Waals surface area contributed by atoms with Crippen LogP contribution in [0.2, 0.25) is 10.0 Å². The number of carboxylic acid groups (broad SMARTS) is 1. The summed E-state index contributed by atoms with van der Waals surface area (Å²) >= 11 is 11.8. The van der Waals surface area contributed by atoms with E-state index in [1.165, 1.54) is 6.07 Å². The van der Waals surface area contributed by atoms with Crippen molar-refractivity contribution in [3.05, 3.63) is 33.8 Å². The van der Waals surface area contributed by atoms with E-state index in [0.29, 0.717) is 10.6 Å². The molecule has 0 unspecified atom stereocenters. The molecule has 116 valence electrons. The number of amides is 1. The number of carbonyl (C=O) groups is 2. The lowest BCUT2D eigenvalue weighted by molar-refractivity contribution is -0.306. The van der Waals surface area contributed by atoms with Crippen LogP contribution in [0.25, 0.3) is 0 Å². The Kier molecular flexibility index (Phi) is 5.87. The standard InChI is InChI=1S/C14H17Cl2NO4/c1-14(2,3)21-13(20)17-11(7-12(18)19)9-5-4-8(15)6-10(9)16/h4-6,11H,7H2,1-3H3,(H,17,20)(H,18,19)/p-1/t11-/m1/s1. The number of halogens is 2. The summed E-state index contributed by atoms with van der Waals surface area (Å²) in [4.78, 5) is 22.6. The zero-order valence-electron chi connectivity index (χ0n) is 11.9. The normalized spacial score (nSPS) is 12.6. The van der Waals surface area contributed by atoms with Crippen LogP contribution >= 0.6 is 23.2 Å². The van der Waals surface area contributed by atoms with E-state index in [0.717, 1.165) is 0 Å². The topological polar surface area (TPSA) is 78.5 Å². The van der Waals surface area contributed by atoms with Crippen LogP contribution in [-0.4, -0.2) is 17.7 Å². The van der Waals surface area contributed by atoms with E-state index < -0.39 is 30.1 Å². The van der Waals surface area contributed by atoms with E-state index in [4.69, 9.17) is 27.9 Å². The smallest absolute Gasteiger partial charge is 0.408 e. The molecule has 21 heavy (non-hydrogen) atoms. The SMILES string of the molecule is CC(C)(C)OC(=O)N[C@H](CC(=O)[O-])c1ccc(Cl)cc1Cl. The number of carbonyl (C=O) groups excluding carboxylic acids is 2. The molecule has 1 N–H and O–H groups in total.